The fraction of sp³-hybridized carbons (Fsp3) is 0.333. The normalized spacial score (nSPS) is 17.4. The van der Waals surface area contributed by atoms with Gasteiger partial charge >= 0.3 is 0 Å². The fourth-order valence-electron chi connectivity index (χ4n) is 5.47. The molecule has 3 heterocycles. The number of benzene rings is 2. The van der Waals surface area contributed by atoms with Crippen molar-refractivity contribution in [3.63, 3.8) is 0 Å². The Morgan fingerprint density at radius 1 is 1.05 bits per heavy atom. The molecule has 39 heavy (non-hydrogen) atoms. The van der Waals surface area contributed by atoms with Gasteiger partial charge < -0.3 is 16.0 Å². The van der Waals surface area contributed by atoms with Gasteiger partial charge in [-0.2, -0.15) is 9.67 Å². The van der Waals surface area contributed by atoms with Gasteiger partial charge in [0, 0.05) is 36.9 Å². The van der Waals surface area contributed by atoms with Crippen LogP contribution < -0.4 is 11.1 Å². The smallest absolute Gasteiger partial charge is 0.248 e. The van der Waals surface area contributed by atoms with Crippen LogP contribution >= 0.6 is 0 Å². The average Bonchev–Trinajstić information content (AvgIpc) is 3.51. The molecule has 4 aromatic rings. The van der Waals surface area contributed by atoms with Crippen molar-refractivity contribution in [2.75, 3.05) is 44.8 Å². The molecule has 0 amide bonds. The summed E-state index contributed by atoms with van der Waals surface area (Å²) in [5.41, 5.74) is 12.8. The molecule has 0 bridgehead atoms. The van der Waals surface area contributed by atoms with Crippen molar-refractivity contribution >= 4 is 23.7 Å². The van der Waals surface area contributed by atoms with Gasteiger partial charge in [0.2, 0.25) is 11.9 Å². The van der Waals surface area contributed by atoms with E-state index in [4.69, 9.17) is 5.73 Å². The van der Waals surface area contributed by atoms with Crippen molar-refractivity contribution in [1.82, 2.24) is 34.8 Å². The summed E-state index contributed by atoms with van der Waals surface area (Å²) in [7, 11) is 4.33. The quantitative estimate of drug-likeness (QED) is 0.373. The molecule has 2 aromatic heterocycles. The van der Waals surface area contributed by atoms with Gasteiger partial charge in [0.05, 0.1) is 5.69 Å². The molecular weight excluding hydrogens is 486 g/mol. The van der Waals surface area contributed by atoms with Gasteiger partial charge in [0.25, 0.3) is 0 Å². The van der Waals surface area contributed by atoms with Crippen LogP contribution in [0.3, 0.4) is 0 Å². The molecule has 2 aromatic carbocycles. The number of fused-ring (bicyclic) bond motifs is 3. The summed E-state index contributed by atoms with van der Waals surface area (Å²) < 4.78 is 1.54. The Kier molecular flexibility index (Phi) is 7.08. The van der Waals surface area contributed by atoms with E-state index in [9.17, 15) is 0 Å². The molecule has 1 fully saturated rings. The largest absolute Gasteiger partial charge is 0.368 e. The third kappa shape index (κ3) is 5.55. The van der Waals surface area contributed by atoms with Crippen LogP contribution in [0.2, 0.25) is 0 Å². The maximum absolute atomic E-state index is 6.23. The van der Waals surface area contributed by atoms with Gasteiger partial charge in [-0.1, -0.05) is 48.6 Å². The molecule has 6 rings (SSSR count). The summed E-state index contributed by atoms with van der Waals surface area (Å²) in [4.78, 5) is 9.23. The number of nitrogens with zero attached hydrogens (tertiary/aromatic N) is 7. The lowest BCUT2D eigenvalue weighted by molar-refractivity contribution is 0.280. The third-order valence-corrected chi connectivity index (χ3v) is 7.69. The number of hydrogen-bond acceptors (Lipinski definition) is 8. The van der Waals surface area contributed by atoms with Gasteiger partial charge in [-0.15, -0.1) is 15.3 Å². The Morgan fingerprint density at radius 3 is 2.69 bits per heavy atom. The minimum Gasteiger partial charge on any atom is -0.368 e. The van der Waals surface area contributed by atoms with Crippen molar-refractivity contribution < 1.29 is 0 Å². The number of aromatic nitrogens is 5. The molecular formula is C30H35N9. The second-order valence-electron chi connectivity index (χ2n) is 10.6. The summed E-state index contributed by atoms with van der Waals surface area (Å²) in [6, 6.07) is 19.3. The highest BCUT2D eigenvalue weighted by Crippen LogP contribution is 2.31. The molecule has 0 spiro atoms. The van der Waals surface area contributed by atoms with Crippen LogP contribution in [0, 0.1) is 0 Å². The van der Waals surface area contributed by atoms with Gasteiger partial charge in [-0.25, -0.2) is 0 Å². The first-order valence-corrected chi connectivity index (χ1v) is 13.6. The maximum Gasteiger partial charge on any atom is 0.248 e. The van der Waals surface area contributed by atoms with Crippen LogP contribution in [0.15, 0.2) is 60.7 Å². The topological polar surface area (TPSA) is 101 Å². The summed E-state index contributed by atoms with van der Waals surface area (Å²) in [6.45, 7) is 3.26. The van der Waals surface area contributed by atoms with E-state index in [2.05, 4.69) is 98.0 Å². The Bertz CT molecular complexity index is 1470. The lowest BCUT2D eigenvalue weighted by Gasteiger charge is -2.19. The Morgan fingerprint density at radius 2 is 1.87 bits per heavy atom. The van der Waals surface area contributed by atoms with Crippen LogP contribution in [0.25, 0.3) is 23.2 Å². The first-order valence-electron chi connectivity index (χ1n) is 13.6. The van der Waals surface area contributed by atoms with Crippen LogP contribution in [-0.2, 0) is 12.8 Å². The van der Waals surface area contributed by atoms with Crippen LogP contribution in [0.4, 0.5) is 17.6 Å². The standard InChI is InChI=1S/C30H35N9/c1-37(2)25-16-18-38(20-25)17-6-7-21-12-14-24(15-13-21)32-30-33-29(31)39(36-30)27-19-23-10-5-9-22-8-3-4-11-26(22)28(23)35-34-27/h3-4,6-8,11-15,19,25H,5,9-10,16-18,20H2,1-2H3,(H3,31,32,33,36). The third-order valence-electron chi connectivity index (χ3n) is 7.69. The van der Waals surface area contributed by atoms with Crippen molar-refractivity contribution in [2.45, 2.75) is 31.7 Å². The first-order chi connectivity index (χ1) is 19.0. The number of hydrogen-bond donors (Lipinski definition) is 2. The number of nitrogens with one attached hydrogen (secondary N) is 1. The molecule has 1 aliphatic heterocycles. The molecule has 0 saturated carbocycles. The van der Waals surface area contributed by atoms with Gasteiger partial charge in [0.1, 0.15) is 0 Å². The average molecular weight is 522 g/mol. The summed E-state index contributed by atoms with van der Waals surface area (Å²) in [5.74, 6) is 1.25. The van der Waals surface area contributed by atoms with E-state index < -0.39 is 0 Å². The SMILES string of the molecule is CN(C)C1CCN(CC=Cc2ccc(Nc3nc(N)n(-c4cc5c(nn4)-c4ccccc4CCC5)n3)cc2)C1. The molecule has 3 N–H and O–H groups in total. The van der Waals surface area contributed by atoms with E-state index in [1.807, 2.05) is 18.2 Å². The summed E-state index contributed by atoms with van der Waals surface area (Å²) in [6.07, 6.45) is 8.68. The molecule has 9 nitrogen and oxygen atoms in total. The molecule has 1 atom stereocenters. The minimum absolute atomic E-state index is 0.263. The Balaban J connectivity index is 1.11. The monoisotopic (exact) mass is 521 g/mol. The lowest BCUT2D eigenvalue weighted by atomic mass is 10.0. The second-order valence-corrected chi connectivity index (χ2v) is 10.6. The molecule has 9 heteroatoms. The van der Waals surface area contributed by atoms with Gasteiger partial charge in [-0.3, -0.25) is 4.90 Å². The number of likely N-dealkylation sites (tertiary alicyclic amines) is 1. The Labute approximate surface area is 229 Å². The molecule has 1 aliphatic carbocycles. The van der Waals surface area contributed by atoms with Crippen LogP contribution in [-0.4, -0.2) is 74.5 Å². The number of nitrogen functional groups attached to an aromatic ring is 1. The number of likely N-dealkylation sites (N-methyl/N-ethyl adjacent to an activating group) is 1. The molecule has 1 unspecified atom stereocenters. The highest BCUT2D eigenvalue weighted by atomic mass is 15.4. The Hall–Kier alpha value is -4.08. The lowest BCUT2D eigenvalue weighted by Crippen LogP contribution is -2.31. The molecule has 200 valence electrons. The molecule has 2 aliphatic rings. The number of anilines is 3. The predicted octanol–water partition coefficient (Wildman–Crippen LogP) is 4.19. The van der Waals surface area contributed by atoms with Crippen molar-refractivity contribution in [2.24, 2.45) is 0 Å². The number of nitrogens with two attached hydrogens (primary N) is 1. The van der Waals surface area contributed by atoms with E-state index in [1.54, 1.807) is 4.68 Å². The predicted molar refractivity (Wildman–Crippen MR) is 156 cm³/mol. The van der Waals surface area contributed by atoms with Crippen molar-refractivity contribution in [3.05, 3.63) is 77.4 Å². The van der Waals surface area contributed by atoms with Crippen molar-refractivity contribution in [1.29, 1.82) is 0 Å². The second kappa shape index (κ2) is 11.0. The maximum atomic E-state index is 6.23. The number of aryl methyl sites for hydroxylation is 2. The van der Waals surface area contributed by atoms with Gasteiger partial charge in [0.15, 0.2) is 5.82 Å². The zero-order valence-corrected chi connectivity index (χ0v) is 22.6. The van der Waals surface area contributed by atoms with E-state index in [1.165, 1.54) is 12.0 Å². The van der Waals surface area contributed by atoms with E-state index >= 15 is 0 Å². The zero-order valence-electron chi connectivity index (χ0n) is 22.6. The molecule has 0 radical (unpaired) electrons. The van der Waals surface area contributed by atoms with Crippen LogP contribution in [0.1, 0.15) is 29.5 Å². The summed E-state index contributed by atoms with van der Waals surface area (Å²) >= 11 is 0. The zero-order chi connectivity index (χ0) is 26.8. The minimum atomic E-state index is 0.263. The van der Waals surface area contributed by atoms with E-state index in [-0.39, 0.29) is 5.95 Å². The number of rotatable bonds is 7. The fourth-order valence-corrected chi connectivity index (χ4v) is 5.47. The highest BCUT2D eigenvalue weighted by Gasteiger charge is 2.22. The first kappa shape index (κ1) is 25.2. The van der Waals surface area contributed by atoms with Gasteiger partial charge in [-0.05, 0) is 74.7 Å². The van der Waals surface area contributed by atoms with Crippen LogP contribution in [0.5, 0.6) is 0 Å². The van der Waals surface area contributed by atoms with E-state index in [0.717, 1.165) is 67.0 Å². The highest BCUT2D eigenvalue weighted by molar-refractivity contribution is 5.68. The molecule has 1 saturated heterocycles. The summed E-state index contributed by atoms with van der Waals surface area (Å²) in [5, 5.41) is 16.9. The van der Waals surface area contributed by atoms with E-state index in [0.29, 0.717) is 17.8 Å². The van der Waals surface area contributed by atoms with Crippen molar-refractivity contribution in [3.8, 4) is 17.1 Å².